The molecule has 0 aromatic heterocycles. The fraction of sp³-hybridized carbons (Fsp3) is 0.857. The van der Waals surface area contributed by atoms with Crippen LogP contribution in [0.3, 0.4) is 0 Å². The second-order valence-corrected chi connectivity index (χ2v) is 6.29. The van der Waals surface area contributed by atoms with Gasteiger partial charge in [-0.05, 0) is 6.92 Å². The molecule has 1 saturated heterocycles. The molecule has 0 radical (unpaired) electrons. The number of aliphatic carboxylic acids is 1. The Balaban J connectivity index is 2.08. The summed E-state index contributed by atoms with van der Waals surface area (Å²) in [6.07, 6.45) is -0.563. The molecule has 2 rings (SSSR count). The first-order chi connectivity index (χ1) is 9.74. The molecule has 3 N–H and O–H groups in total. The van der Waals surface area contributed by atoms with Crippen molar-refractivity contribution in [1.29, 1.82) is 0 Å². The van der Waals surface area contributed by atoms with Gasteiger partial charge in [-0.2, -0.15) is 0 Å². The number of nitrogens with zero attached hydrogens (tertiary/aromatic N) is 1. The SMILES string of the molecule is CCOC1CC(N)(C(=O)N2CCOC(C(=O)O)C2)C1(C)C. The molecule has 3 atom stereocenters. The van der Waals surface area contributed by atoms with Gasteiger partial charge in [-0.3, -0.25) is 4.79 Å². The lowest BCUT2D eigenvalue weighted by Gasteiger charge is -2.59. The van der Waals surface area contributed by atoms with Crippen LogP contribution in [-0.4, -0.2) is 65.9 Å². The topological polar surface area (TPSA) is 102 Å². The molecular formula is C14H24N2O5. The zero-order valence-corrected chi connectivity index (χ0v) is 12.8. The zero-order chi connectivity index (χ0) is 15.8. The summed E-state index contributed by atoms with van der Waals surface area (Å²) in [5.74, 6) is -1.27. The molecule has 1 aliphatic heterocycles. The van der Waals surface area contributed by atoms with E-state index < -0.39 is 23.0 Å². The molecule has 1 heterocycles. The molecule has 21 heavy (non-hydrogen) atoms. The Morgan fingerprint density at radius 3 is 2.67 bits per heavy atom. The number of carbonyl (C=O) groups is 2. The Morgan fingerprint density at radius 2 is 2.14 bits per heavy atom. The van der Waals surface area contributed by atoms with Crippen LogP contribution in [-0.2, 0) is 19.1 Å². The summed E-state index contributed by atoms with van der Waals surface area (Å²) < 4.78 is 10.8. The van der Waals surface area contributed by atoms with Crippen molar-refractivity contribution in [3.05, 3.63) is 0 Å². The normalized spacial score (nSPS) is 35.1. The second kappa shape index (κ2) is 5.55. The maximum absolute atomic E-state index is 12.7. The maximum Gasteiger partial charge on any atom is 0.334 e. The first-order valence-electron chi connectivity index (χ1n) is 7.28. The van der Waals surface area contributed by atoms with E-state index in [4.69, 9.17) is 20.3 Å². The fourth-order valence-corrected chi connectivity index (χ4v) is 3.06. The van der Waals surface area contributed by atoms with E-state index in [1.165, 1.54) is 4.90 Å². The van der Waals surface area contributed by atoms with E-state index in [0.717, 1.165) is 0 Å². The fourth-order valence-electron chi connectivity index (χ4n) is 3.06. The van der Waals surface area contributed by atoms with Crippen molar-refractivity contribution >= 4 is 11.9 Å². The van der Waals surface area contributed by atoms with E-state index >= 15 is 0 Å². The van der Waals surface area contributed by atoms with Crippen LogP contribution in [0.4, 0.5) is 0 Å². The molecule has 0 bridgehead atoms. The van der Waals surface area contributed by atoms with Crippen molar-refractivity contribution in [2.45, 2.75) is 44.9 Å². The molecule has 0 aromatic rings. The maximum atomic E-state index is 12.7. The number of ether oxygens (including phenoxy) is 2. The lowest BCUT2D eigenvalue weighted by atomic mass is 9.54. The summed E-state index contributed by atoms with van der Waals surface area (Å²) in [5, 5.41) is 9.01. The van der Waals surface area contributed by atoms with Crippen molar-refractivity contribution in [1.82, 2.24) is 4.90 Å². The minimum absolute atomic E-state index is 0.0441. The van der Waals surface area contributed by atoms with Gasteiger partial charge in [0.1, 0.15) is 5.54 Å². The molecular weight excluding hydrogens is 276 g/mol. The number of amides is 1. The number of rotatable bonds is 4. The van der Waals surface area contributed by atoms with E-state index in [9.17, 15) is 9.59 Å². The lowest BCUT2D eigenvalue weighted by Crippen LogP contribution is -2.76. The summed E-state index contributed by atoms with van der Waals surface area (Å²) in [4.78, 5) is 25.2. The predicted molar refractivity (Wildman–Crippen MR) is 74.7 cm³/mol. The highest BCUT2D eigenvalue weighted by Crippen LogP contribution is 2.50. The summed E-state index contributed by atoms with van der Waals surface area (Å²) in [6.45, 7) is 6.96. The van der Waals surface area contributed by atoms with Crippen molar-refractivity contribution in [3.63, 3.8) is 0 Å². The molecule has 1 amide bonds. The Labute approximate surface area is 124 Å². The smallest absolute Gasteiger partial charge is 0.334 e. The van der Waals surface area contributed by atoms with Gasteiger partial charge < -0.3 is 25.2 Å². The number of carboxylic acid groups (broad SMARTS) is 1. The van der Waals surface area contributed by atoms with E-state index in [0.29, 0.717) is 19.6 Å². The molecule has 2 aliphatic rings. The van der Waals surface area contributed by atoms with Crippen LogP contribution in [0.1, 0.15) is 27.2 Å². The largest absolute Gasteiger partial charge is 0.479 e. The highest BCUT2D eigenvalue weighted by Gasteiger charge is 2.64. The number of morpholine rings is 1. The second-order valence-electron chi connectivity index (χ2n) is 6.29. The van der Waals surface area contributed by atoms with E-state index in [1.807, 2.05) is 20.8 Å². The van der Waals surface area contributed by atoms with Crippen LogP contribution < -0.4 is 5.73 Å². The molecule has 1 saturated carbocycles. The Bertz CT molecular complexity index is 439. The van der Waals surface area contributed by atoms with Gasteiger partial charge in [0, 0.05) is 25.0 Å². The van der Waals surface area contributed by atoms with Crippen LogP contribution in [0.25, 0.3) is 0 Å². The summed E-state index contributed by atoms with van der Waals surface area (Å²) >= 11 is 0. The van der Waals surface area contributed by atoms with E-state index in [-0.39, 0.29) is 25.2 Å². The van der Waals surface area contributed by atoms with Crippen molar-refractivity contribution in [2.75, 3.05) is 26.3 Å². The van der Waals surface area contributed by atoms with Crippen molar-refractivity contribution in [2.24, 2.45) is 11.1 Å². The molecule has 2 fully saturated rings. The first-order valence-corrected chi connectivity index (χ1v) is 7.28. The van der Waals surface area contributed by atoms with Gasteiger partial charge in [0.2, 0.25) is 5.91 Å². The lowest BCUT2D eigenvalue weighted by molar-refractivity contribution is -0.185. The molecule has 0 spiro atoms. The van der Waals surface area contributed by atoms with Crippen molar-refractivity contribution < 1.29 is 24.2 Å². The molecule has 0 aromatic carbocycles. The molecule has 3 unspecified atom stereocenters. The minimum Gasteiger partial charge on any atom is -0.479 e. The third-order valence-corrected chi connectivity index (χ3v) is 4.84. The highest BCUT2D eigenvalue weighted by atomic mass is 16.5. The number of hydrogen-bond donors (Lipinski definition) is 2. The summed E-state index contributed by atoms with van der Waals surface area (Å²) in [6, 6.07) is 0. The number of carboxylic acids is 1. The summed E-state index contributed by atoms with van der Waals surface area (Å²) in [5.41, 5.74) is 4.86. The Hall–Kier alpha value is -1.18. The highest BCUT2D eigenvalue weighted by molar-refractivity contribution is 5.89. The van der Waals surface area contributed by atoms with Crippen LogP contribution in [0.5, 0.6) is 0 Å². The third kappa shape index (κ3) is 2.54. The van der Waals surface area contributed by atoms with Crippen LogP contribution in [0, 0.1) is 5.41 Å². The van der Waals surface area contributed by atoms with Crippen LogP contribution >= 0.6 is 0 Å². The van der Waals surface area contributed by atoms with Gasteiger partial charge in [0.05, 0.1) is 19.3 Å². The van der Waals surface area contributed by atoms with Gasteiger partial charge in [0.25, 0.3) is 0 Å². The van der Waals surface area contributed by atoms with Gasteiger partial charge >= 0.3 is 5.97 Å². The zero-order valence-electron chi connectivity index (χ0n) is 12.8. The minimum atomic E-state index is -1.06. The monoisotopic (exact) mass is 300 g/mol. The van der Waals surface area contributed by atoms with E-state index in [1.54, 1.807) is 0 Å². The third-order valence-electron chi connectivity index (χ3n) is 4.84. The number of hydrogen-bond acceptors (Lipinski definition) is 5. The molecule has 7 nitrogen and oxygen atoms in total. The number of nitrogens with two attached hydrogens (primary N) is 1. The van der Waals surface area contributed by atoms with Gasteiger partial charge in [0.15, 0.2) is 6.10 Å². The average molecular weight is 300 g/mol. The average Bonchev–Trinajstić information content (AvgIpc) is 2.46. The van der Waals surface area contributed by atoms with Gasteiger partial charge in [-0.1, -0.05) is 13.8 Å². The van der Waals surface area contributed by atoms with Crippen LogP contribution in [0.2, 0.25) is 0 Å². The van der Waals surface area contributed by atoms with Gasteiger partial charge in [-0.15, -0.1) is 0 Å². The van der Waals surface area contributed by atoms with Crippen LogP contribution in [0.15, 0.2) is 0 Å². The molecule has 120 valence electrons. The Kier molecular flexibility index (Phi) is 4.28. The molecule has 7 heteroatoms. The van der Waals surface area contributed by atoms with Gasteiger partial charge in [-0.25, -0.2) is 4.79 Å². The Morgan fingerprint density at radius 1 is 1.48 bits per heavy atom. The number of carbonyl (C=O) groups excluding carboxylic acids is 1. The van der Waals surface area contributed by atoms with Crippen molar-refractivity contribution in [3.8, 4) is 0 Å². The standard InChI is InChI=1S/C14H24N2O5/c1-4-20-10-7-14(15,13(10,2)3)12(19)16-5-6-21-9(8-16)11(17)18/h9-10H,4-8,15H2,1-3H3,(H,17,18). The predicted octanol–water partition coefficient (Wildman–Crippen LogP) is -0.169. The molecule has 1 aliphatic carbocycles. The van der Waals surface area contributed by atoms with E-state index in [2.05, 4.69) is 0 Å². The first kappa shape index (κ1) is 16.2. The summed E-state index contributed by atoms with van der Waals surface area (Å²) in [7, 11) is 0. The quantitative estimate of drug-likeness (QED) is 0.747.